The molecular weight excluding hydrogens is 178 g/mol. The van der Waals surface area contributed by atoms with Crippen molar-refractivity contribution in [3.8, 4) is 0 Å². The van der Waals surface area contributed by atoms with Crippen molar-refractivity contribution >= 4 is 6.20 Å². The highest BCUT2D eigenvalue weighted by molar-refractivity contribution is 5.24. The second-order valence-electron chi connectivity index (χ2n) is 3.22. The fourth-order valence-electron chi connectivity index (χ4n) is 1.21. The lowest BCUT2D eigenvalue weighted by Crippen LogP contribution is -1.97. The highest BCUT2D eigenvalue weighted by Gasteiger charge is 2.08. The number of hydrogen-bond donors (Lipinski definition) is 0. The van der Waals surface area contributed by atoms with Crippen LogP contribution in [0.15, 0.2) is 17.9 Å². The van der Waals surface area contributed by atoms with Crippen molar-refractivity contribution in [2.75, 3.05) is 0 Å². The van der Waals surface area contributed by atoms with Gasteiger partial charge >= 0.3 is 0 Å². The molecule has 1 aromatic heterocycles. The standard InChI is InChI=1S/C9H13N5/c1-4-14-6-8(5-11-13-10)12-9(14)7(2)3/h4,6-7H,1,5H2,2-3H3. The predicted molar refractivity (Wildman–Crippen MR) is 55.6 cm³/mol. The summed E-state index contributed by atoms with van der Waals surface area (Å²) in [5, 5.41) is 3.46. The molecular formula is C9H13N5. The summed E-state index contributed by atoms with van der Waals surface area (Å²) in [6.07, 6.45) is 3.53. The maximum Gasteiger partial charge on any atom is 0.115 e. The Kier molecular flexibility index (Phi) is 3.31. The van der Waals surface area contributed by atoms with Crippen molar-refractivity contribution in [2.45, 2.75) is 26.3 Å². The quantitative estimate of drug-likeness (QED) is 0.410. The number of imidazole rings is 1. The van der Waals surface area contributed by atoms with Crippen LogP contribution in [0, 0.1) is 0 Å². The monoisotopic (exact) mass is 191 g/mol. The van der Waals surface area contributed by atoms with Gasteiger partial charge in [-0.25, -0.2) is 4.98 Å². The number of aromatic nitrogens is 2. The summed E-state index contributed by atoms with van der Waals surface area (Å²) in [4.78, 5) is 7.04. The Labute approximate surface area is 82.7 Å². The normalized spacial score (nSPS) is 9.93. The topological polar surface area (TPSA) is 66.6 Å². The molecule has 0 atom stereocenters. The van der Waals surface area contributed by atoms with Gasteiger partial charge in [0.2, 0.25) is 0 Å². The van der Waals surface area contributed by atoms with Crippen LogP contribution in [0.2, 0.25) is 0 Å². The van der Waals surface area contributed by atoms with Crippen molar-refractivity contribution in [1.29, 1.82) is 0 Å². The van der Waals surface area contributed by atoms with E-state index < -0.39 is 0 Å². The van der Waals surface area contributed by atoms with Gasteiger partial charge in [-0.1, -0.05) is 25.5 Å². The molecule has 0 spiro atoms. The Hall–Kier alpha value is -1.74. The lowest BCUT2D eigenvalue weighted by molar-refractivity contribution is 0.761. The van der Waals surface area contributed by atoms with Gasteiger partial charge in [0.1, 0.15) is 5.82 Å². The summed E-state index contributed by atoms with van der Waals surface area (Å²) >= 11 is 0. The molecule has 0 aromatic carbocycles. The zero-order chi connectivity index (χ0) is 10.6. The van der Waals surface area contributed by atoms with E-state index in [0.717, 1.165) is 11.5 Å². The average molecular weight is 191 g/mol. The van der Waals surface area contributed by atoms with E-state index in [4.69, 9.17) is 5.53 Å². The molecule has 0 amide bonds. The molecule has 74 valence electrons. The highest BCUT2D eigenvalue weighted by Crippen LogP contribution is 2.14. The average Bonchev–Trinajstić information content (AvgIpc) is 2.57. The van der Waals surface area contributed by atoms with Crippen molar-refractivity contribution in [1.82, 2.24) is 9.55 Å². The molecule has 1 heterocycles. The van der Waals surface area contributed by atoms with Crippen LogP contribution in [-0.2, 0) is 6.54 Å². The van der Waals surface area contributed by atoms with Crippen LogP contribution in [0.3, 0.4) is 0 Å². The Bertz CT molecular complexity index is 371. The maximum absolute atomic E-state index is 8.17. The first kappa shape index (κ1) is 10.3. The van der Waals surface area contributed by atoms with Crippen LogP contribution >= 0.6 is 0 Å². The summed E-state index contributed by atoms with van der Waals surface area (Å²) in [5.41, 5.74) is 8.94. The second kappa shape index (κ2) is 4.48. The van der Waals surface area contributed by atoms with Gasteiger partial charge in [0.25, 0.3) is 0 Å². The summed E-state index contributed by atoms with van der Waals surface area (Å²) in [6.45, 7) is 8.09. The molecule has 5 nitrogen and oxygen atoms in total. The molecule has 5 heteroatoms. The van der Waals surface area contributed by atoms with E-state index in [-0.39, 0.29) is 6.54 Å². The van der Waals surface area contributed by atoms with Gasteiger partial charge in [-0.2, -0.15) is 0 Å². The summed E-state index contributed by atoms with van der Waals surface area (Å²) < 4.78 is 1.85. The number of rotatable bonds is 4. The van der Waals surface area contributed by atoms with Crippen LogP contribution in [0.4, 0.5) is 0 Å². The van der Waals surface area contributed by atoms with E-state index in [9.17, 15) is 0 Å². The first-order valence-corrected chi connectivity index (χ1v) is 4.40. The smallest absolute Gasteiger partial charge is 0.115 e. The van der Waals surface area contributed by atoms with Crippen molar-refractivity contribution in [3.05, 3.63) is 34.7 Å². The Morgan fingerprint density at radius 2 is 2.50 bits per heavy atom. The molecule has 1 rings (SSSR count). The molecule has 0 aliphatic rings. The third-order valence-corrected chi connectivity index (χ3v) is 1.82. The van der Waals surface area contributed by atoms with E-state index in [1.165, 1.54) is 0 Å². The van der Waals surface area contributed by atoms with Crippen LogP contribution < -0.4 is 0 Å². The zero-order valence-corrected chi connectivity index (χ0v) is 8.38. The fourth-order valence-corrected chi connectivity index (χ4v) is 1.21. The molecule has 0 aliphatic heterocycles. The molecule has 14 heavy (non-hydrogen) atoms. The fraction of sp³-hybridized carbons (Fsp3) is 0.444. The van der Waals surface area contributed by atoms with Gasteiger partial charge in [-0.15, -0.1) is 0 Å². The molecule has 0 fully saturated rings. The minimum Gasteiger partial charge on any atom is -0.311 e. The molecule has 0 unspecified atom stereocenters. The van der Waals surface area contributed by atoms with Gasteiger partial charge in [-0.05, 0) is 5.53 Å². The predicted octanol–water partition coefficient (Wildman–Crippen LogP) is 2.92. The molecule has 1 aromatic rings. The van der Waals surface area contributed by atoms with Gasteiger partial charge < -0.3 is 4.57 Å². The van der Waals surface area contributed by atoms with Crippen molar-refractivity contribution in [2.24, 2.45) is 5.11 Å². The minimum atomic E-state index is 0.289. The molecule has 0 aliphatic carbocycles. The van der Waals surface area contributed by atoms with Crippen molar-refractivity contribution in [3.63, 3.8) is 0 Å². The number of nitrogens with zero attached hydrogens (tertiary/aromatic N) is 5. The van der Waals surface area contributed by atoms with Crippen LogP contribution in [0.1, 0.15) is 31.3 Å². The SMILES string of the molecule is C=Cn1cc(CN=[N+]=[N-])nc1C(C)C. The summed E-state index contributed by atoms with van der Waals surface area (Å²) in [6, 6.07) is 0. The van der Waals surface area contributed by atoms with Crippen molar-refractivity contribution < 1.29 is 0 Å². The molecule has 0 radical (unpaired) electrons. The molecule has 0 saturated carbocycles. The minimum absolute atomic E-state index is 0.289. The van der Waals surface area contributed by atoms with Gasteiger partial charge in [-0.3, -0.25) is 0 Å². The molecule has 0 bridgehead atoms. The Morgan fingerprint density at radius 3 is 2.93 bits per heavy atom. The molecule has 0 N–H and O–H groups in total. The van der Waals surface area contributed by atoms with Gasteiger partial charge in [0, 0.05) is 23.2 Å². The summed E-state index contributed by atoms with van der Waals surface area (Å²) in [5.74, 6) is 1.26. The number of hydrogen-bond acceptors (Lipinski definition) is 2. The lowest BCUT2D eigenvalue weighted by atomic mass is 10.2. The van der Waals surface area contributed by atoms with Gasteiger partial charge in [0.05, 0.1) is 12.2 Å². The second-order valence-corrected chi connectivity index (χ2v) is 3.22. The Morgan fingerprint density at radius 1 is 1.79 bits per heavy atom. The van der Waals surface area contributed by atoms with Crippen LogP contribution in [0.25, 0.3) is 16.6 Å². The van der Waals surface area contributed by atoms with Crippen LogP contribution in [0.5, 0.6) is 0 Å². The number of azide groups is 1. The highest BCUT2D eigenvalue weighted by atomic mass is 15.1. The van der Waals surface area contributed by atoms with E-state index >= 15 is 0 Å². The third kappa shape index (κ3) is 2.14. The third-order valence-electron chi connectivity index (χ3n) is 1.82. The van der Waals surface area contributed by atoms with E-state index in [2.05, 4.69) is 35.4 Å². The van der Waals surface area contributed by atoms with E-state index in [1.807, 2.05) is 10.8 Å². The zero-order valence-electron chi connectivity index (χ0n) is 8.38. The van der Waals surface area contributed by atoms with E-state index in [1.54, 1.807) is 6.20 Å². The maximum atomic E-state index is 8.17. The lowest BCUT2D eigenvalue weighted by Gasteiger charge is -2.03. The Balaban J connectivity index is 2.99. The summed E-state index contributed by atoms with van der Waals surface area (Å²) in [7, 11) is 0. The first-order chi connectivity index (χ1) is 6.69. The largest absolute Gasteiger partial charge is 0.311 e. The first-order valence-electron chi connectivity index (χ1n) is 4.40. The van der Waals surface area contributed by atoms with Crippen LogP contribution in [-0.4, -0.2) is 9.55 Å². The van der Waals surface area contributed by atoms with E-state index in [0.29, 0.717) is 5.92 Å². The molecule has 0 saturated heterocycles. The van der Waals surface area contributed by atoms with Gasteiger partial charge in [0.15, 0.2) is 0 Å².